The Hall–Kier alpha value is -1.47. The van der Waals surface area contributed by atoms with E-state index in [-0.39, 0.29) is 25.0 Å². The molecule has 2 rings (SSSR count). The first-order chi connectivity index (χ1) is 10.4. The van der Waals surface area contributed by atoms with Crippen LogP contribution in [0.3, 0.4) is 0 Å². The molecule has 22 heavy (non-hydrogen) atoms. The number of amides is 1. The van der Waals surface area contributed by atoms with Crippen LogP contribution >= 0.6 is 0 Å². The second-order valence-corrected chi connectivity index (χ2v) is 7.74. The van der Waals surface area contributed by atoms with Crippen LogP contribution in [-0.2, 0) is 21.4 Å². The monoisotopic (exact) mass is 325 g/mol. The molecule has 0 atom stereocenters. The third-order valence-corrected chi connectivity index (χ3v) is 5.02. The highest BCUT2D eigenvalue weighted by Crippen LogP contribution is 2.17. The summed E-state index contributed by atoms with van der Waals surface area (Å²) in [7, 11) is -3.47. The van der Waals surface area contributed by atoms with Crippen molar-refractivity contribution in [3.63, 3.8) is 0 Å². The van der Waals surface area contributed by atoms with Gasteiger partial charge < -0.3 is 5.32 Å². The average Bonchev–Trinajstić information content (AvgIpc) is 2.48. The standard InChI is InChI=1S/C15H23N3O3S/c1-22(20,21)18(11-14-9-5-6-10-16-14)12-15(19)17-13-7-3-2-4-8-13/h5-6,9-10,13H,2-4,7-8,11-12H2,1H3,(H,17,19). The molecule has 1 fully saturated rings. The number of carbonyl (C=O) groups excluding carboxylic acids is 1. The molecule has 1 aromatic heterocycles. The lowest BCUT2D eigenvalue weighted by Crippen LogP contribution is -2.44. The van der Waals surface area contributed by atoms with Crippen LogP contribution in [0.25, 0.3) is 0 Å². The van der Waals surface area contributed by atoms with Crippen LogP contribution < -0.4 is 5.32 Å². The highest BCUT2D eigenvalue weighted by Gasteiger charge is 2.23. The molecular formula is C15H23N3O3S. The van der Waals surface area contributed by atoms with Gasteiger partial charge in [-0.25, -0.2) is 8.42 Å². The molecule has 1 heterocycles. The highest BCUT2D eigenvalue weighted by molar-refractivity contribution is 7.88. The maximum atomic E-state index is 12.1. The summed E-state index contributed by atoms with van der Waals surface area (Å²) in [5, 5.41) is 2.94. The minimum absolute atomic E-state index is 0.109. The Bertz CT molecular complexity index is 583. The second kappa shape index (κ2) is 7.69. The van der Waals surface area contributed by atoms with Crippen LogP contribution in [0.4, 0.5) is 0 Å². The van der Waals surface area contributed by atoms with Crippen LogP contribution in [-0.4, -0.2) is 42.5 Å². The lowest BCUT2D eigenvalue weighted by Gasteiger charge is -2.25. The fourth-order valence-electron chi connectivity index (χ4n) is 2.64. The molecular weight excluding hydrogens is 302 g/mol. The van der Waals surface area contributed by atoms with Gasteiger partial charge in [-0.05, 0) is 25.0 Å². The Morgan fingerprint density at radius 2 is 2.05 bits per heavy atom. The zero-order valence-corrected chi connectivity index (χ0v) is 13.7. The van der Waals surface area contributed by atoms with E-state index in [4.69, 9.17) is 0 Å². The largest absolute Gasteiger partial charge is 0.352 e. The van der Waals surface area contributed by atoms with Crippen molar-refractivity contribution in [3.05, 3.63) is 30.1 Å². The predicted octanol–water partition coefficient (Wildman–Crippen LogP) is 1.29. The Labute approximate surface area is 132 Å². The molecule has 6 nitrogen and oxygen atoms in total. The zero-order valence-electron chi connectivity index (χ0n) is 12.9. The molecule has 122 valence electrons. The molecule has 1 aliphatic rings. The van der Waals surface area contributed by atoms with E-state index in [1.807, 2.05) is 0 Å². The normalized spacial score (nSPS) is 16.6. The maximum Gasteiger partial charge on any atom is 0.235 e. The van der Waals surface area contributed by atoms with Gasteiger partial charge in [-0.15, -0.1) is 0 Å². The molecule has 1 saturated carbocycles. The van der Waals surface area contributed by atoms with Gasteiger partial charge in [0.1, 0.15) is 0 Å². The van der Waals surface area contributed by atoms with Crippen molar-refractivity contribution >= 4 is 15.9 Å². The first kappa shape index (κ1) is 16.9. The molecule has 0 bridgehead atoms. The topological polar surface area (TPSA) is 79.4 Å². The summed E-state index contributed by atoms with van der Waals surface area (Å²) in [5.41, 5.74) is 0.624. The van der Waals surface area contributed by atoms with E-state index in [9.17, 15) is 13.2 Å². The first-order valence-electron chi connectivity index (χ1n) is 7.59. The quantitative estimate of drug-likeness (QED) is 0.855. The van der Waals surface area contributed by atoms with E-state index in [0.29, 0.717) is 5.69 Å². The summed E-state index contributed by atoms with van der Waals surface area (Å²) in [6, 6.07) is 5.49. The lowest BCUT2D eigenvalue weighted by molar-refractivity contribution is -0.122. The van der Waals surface area contributed by atoms with Crippen LogP contribution in [0.1, 0.15) is 37.8 Å². The van der Waals surface area contributed by atoms with Gasteiger partial charge in [-0.1, -0.05) is 25.3 Å². The van der Waals surface area contributed by atoms with Crippen molar-refractivity contribution in [1.82, 2.24) is 14.6 Å². The fraction of sp³-hybridized carbons (Fsp3) is 0.600. The predicted molar refractivity (Wildman–Crippen MR) is 84.5 cm³/mol. The van der Waals surface area contributed by atoms with Gasteiger partial charge in [0.25, 0.3) is 0 Å². The smallest absolute Gasteiger partial charge is 0.235 e. The molecule has 0 spiro atoms. The number of hydrogen-bond acceptors (Lipinski definition) is 4. The first-order valence-corrected chi connectivity index (χ1v) is 9.44. The molecule has 1 amide bonds. The highest BCUT2D eigenvalue weighted by atomic mass is 32.2. The van der Waals surface area contributed by atoms with Gasteiger partial charge in [-0.3, -0.25) is 9.78 Å². The third kappa shape index (κ3) is 5.38. The summed E-state index contributed by atoms with van der Waals surface area (Å²) in [6.45, 7) is -0.0519. The van der Waals surface area contributed by atoms with Gasteiger partial charge in [0.2, 0.25) is 15.9 Å². The summed E-state index contributed by atoms with van der Waals surface area (Å²) >= 11 is 0. The molecule has 0 saturated heterocycles. The van der Waals surface area contributed by atoms with Gasteiger partial charge in [0.15, 0.2) is 0 Å². The Morgan fingerprint density at radius 1 is 1.32 bits per heavy atom. The van der Waals surface area contributed by atoms with Gasteiger partial charge in [0.05, 0.1) is 25.0 Å². The number of pyridine rings is 1. The van der Waals surface area contributed by atoms with E-state index in [1.54, 1.807) is 24.4 Å². The van der Waals surface area contributed by atoms with E-state index in [2.05, 4.69) is 10.3 Å². The zero-order chi connectivity index (χ0) is 16.0. The summed E-state index contributed by atoms with van der Waals surface area (Å²) in [6.07, 6.45) is 8.13. The van der Waals surface area contributed by atoms with Crippen molar-refractivity contribution in [2.45, 2.75) is 44.7 Å². The van der Waals surface area contributed by atoms with Gasteiger partial charge in [0, 0.05) is 12.2 Å². The number of aromatic nitrogens is 1. The second-order valence-electron chi connectivity index (χ2n) is 5.75. The average molecular weight is 325 g/mol. The number of rotatable bonds is 6. The molecule has 1 aliphatic carbocycles. The minimum Gasteiger partial charge on any atom is -0.352 e. The van der Waals surface area contributed by atoms with Gasteiger partial charge >= 0.3 is 0 Å². The number of sulfonamides is 1. The molecule has 0 aliphatic heterocycles. The summed E-state index contributed by atoms with van der Waals surface area (Å²) in [4.78, 5) is 16.2. The molecule has 7 heteroatoms. The van der Waals surface area contributed by atoms with E-state index < -0.39 is 10.0 Å². The molecule has 1 aromatic rings. The molecule has 0 aromatic carbocycles. The molecule has 0 radical (unpaired) electrons. The van der Waals surface area contributed by atoms with Crippen molar-refractivity contribution in [2.24, 2.45) is 0 Å². The van der Waals surface area contributed by atoms with Crippen LogP contribution in [0, 0.1) is 0 Å². The van der Waals surface area contributed by atoms with Crippen LogP contribution in [0.15, 0.2) is 24.4 Å². The summed E-state index contributed by atoms with van der Waals surface area (Å²) < 4.78 is 24.9. The number of hydrogen-bond donors (Lipinski definition) is 1. The fourth-order valence-corrected chi connectivity index (χ4v) is 3.36. The van der Waals surface area contributed by atoms with E-state index >= 15 is 0 Å². The Kier molecular flexibility index (Phi) is 5.90. The third-order valence-electron chi connectivity index (χ3n) is 3.82. The SMILES string of the molecule is CS(=O)(=O)N(CC(=O)NC1CCCCC1)Cc1ccccn1. The van der Waals surface area contributed by atoms with Crippen LogP contribution in [0.2, 0.25) is 0 Å². The van der Waals surface area contributed by atoms with Crippen molar-refractivity contribution < 1.29 is 13.2 Å². The van der Waals surface area contributed by atoms with Crippen molar-refractivity contribution in [3.8, 4) is 0 Å². The van der Waals surface area contributed by atoms with Crippen molar-refractivity contribution in [1.29, 1.82) is 0 Å². The van der Waals surface area contributed by atoms with Crippen molar-refractivity contribution in [2.75, 3.05) is 12.8 Å². The van der Waals surface area contributed by atoms with Crippen LogP contribution in [0.5, 0.6) is 0 Å². The van der Waals surface area contributed by atoms with E-state index in [1.165, 1.54) is 6.42 Å². The number of carbonyl (C=O) groups is 1. The number of nitrogens with one attached hydrogen (secondary N) is 1. The van der Waals surface area contributed by atoms with Gasteiger partial charge in [-0.2, -0.15) is 4.31 Å². The minimum atomic E-state index is -3.47. The maximum absolute atomic E-state index is 12.1. The van der Waals surface area contributed by atoms with E-state index in [0.717, 1.165) is 36.2 Å². The Balaban J connectivity index is 1.96. The molecule has 1 N–H and O–H groups in total. The Morgan fingerprint density at radius 3 is 2.64 bits per heavy atom. The number of nitrogens with zero attached hydrogens (tertiary/aromatic N) is 2. The summed E-state index contributed by atoms with van der Waals surface area (Å²) in [5.74, 6) is -0.242. The molecule has 0 unspecified atom stereocenters. The lowest BCUT2D eigenvalue weighted by atomic mass is 9.95.